The fraction of sp³-hybridized carbons (Fsp3) is 1.00. The van der Waals surface area contributed by atoms with Crippen LogP contribution in [0.3, 0.4) is 0 Å². The Balaban J connectivity index is 2.32. The lowest BCUT2D eigenvalue weighted by Crippen LogP contribution is -2.48. The van der Waals surface area contributed by atoms with Crippen LogP contribution in [0.4, 0.5) is 0 Å². The molecule has 0 aliphatic heterocycles. The SMILES string of the molecule is CO[SiH](NC1CCCCC1C)OC. The van der Waals surface area contributed by atoms with Crippen LogP contribution in [-0.4, -0.2) is 29.7 Å². The Hall–Kier alpha value is 0.0969. The zero-order chi connectivity index (χ0) is 9.68. The van der Waals surface area contributed by atoms with Gasteiger partial charge in [0, 0.05) is 20.3 Å². The van der Waals surface area contributed by atoms with E-state index in [4.69, 9.17) is 8.85 Å². The summed E-state index contributed by atoms with van der Waals surface area (Å²) in [5.41, 5.74) is 0. The molecule has 0 radical (unpaired) electrons. The second kappa shape index (κ2) is 5.75. The molecule has 0 bridgehead atoms. The molecule has 2 unspecified atom stereocenters. The first kappa shape index (κ1) is 11.2. The summed E-state index contributed by atoms with van der Waals surface area (Å²) in [6.45, 7) is 2.31. The van der Waals surface area contributed by atoms with E-state index in [0.29, 0.717) is 6.04 Å². The molecule has 0 aromatic heterocycles. The minimum Gasteiger partial charge on any atom is -0.388 e. The summed E-state index contributed by atoms with van der Waals surface area (Å²) in [6, 6.07) is 0.616. The van der Waals surface area contributed by atoms with Gasteiger partial charge in [-0.25, -0.2) is 0 Å². The standard InChI is InChI=1S/C9H21NO2Si/c1-8-6-4-5-7-9(8)10-13(11-2)12-3/h8-10,13H,4-7H2,1-3H3. The van der Waals surface area contributed by atoms with E-state index in [1.807, 2.05) is 0 Å². The van der Waals surface area contributed by atoms with E-state index in [1.54, 1.807) is 14.2 Å². The first-order valence-corrected chi connectivity index (χ1v) is 6.61. The number of rotatable bonds is 4. The maximum atomic E-state index is 5.26. The van der Waals surface area contributed by atoms with Gasteiger partial charge in [0.05, 0.1) is 0 Å². The highest BCUT2D eigenvalue weighted by Gasteiger charge is 2.24. The zero-order valence-electron chi connectivity index (χ0n) is 8.88. The molecule has 0 saturated heterocycles. The van der Waals surface area contributed by atoms with Crippen molar-refractivity contribution in [3.8, 4) is 0 Å². The van der Waals surface area contributed by atoms with Crippen LogP contribution in [0.5, 0.6) is 0 Å². The van der Waals surface area contributed by atoms with Gasteiger partial charge in [0.1, 0.15) is 0 Å². The highest BCUT2D eigenvalue weighted by atomic mass is 28.3. The third-order valence-corrected chi connectivity index (χ3v) is 4.45. The molecule has 4 heteroatoms. The van der Waals surface area contributed by atoms with E-state index >= 15 is 0 Å². The van der Waals surface area contributed by atoms with Gasteiger partial charge in [0.25, 0.3) is 0 Å². The van der Waals surface area contributed by atoms with Crippen molar-refractivity contribution in [3.05, 3.63) is 0 Å². The molecule has 3 nitrogen and oxygen atoms in total. The third kappa shape index (κ3) is 3.38. The second-order valence-corrected chi connectivity index (χ2v) is 5.78. The van der Waals surface area contributed by atoms with Crippen LogP contribution in [0, 0.1) is 5.92 Å². The quantitative estimate of drug-likeness (QED) is 0.696. The van der Waals surface area contributed by atoms with Gasteiger partial charge in [0.2, 0.25) is 0 Å². The smallest absolute Gasteiger partial charge is 0.388 e. The summed E-state index contributed by atoms with van der Waals surface area (Å²) in [5, 5.41) is 0. The highest BCUT2D eigenvalue weighted by molar-refractivity contribution is 6.41. The van der Waals surface area contributed by atoms with Crippen molar-refractivity contribution in [1.29, 1.82) is 0 Å². The Kier molecular flexibility index (Phi) is 4.94. The Morgan fingerprint density at radius 1 is 1.15 bits per heavy atom. The number of hydrogen-bond donors (Lipinski definition) is 1. The molecule has 13 heavy (non-hydrogen) atoms. The minimum absolute atomic E-state index is 0.616. The predicted octanol–water partition coefficient (Wildman–Crippen LogP) is 1.16. The van der Waals surface area contributed by atoms with Gasteiger partial charge in [-0.05, 0) is 18.8 Å². The Morgan fingerprint density at radius 3 is 2.31 bits per heavy atom. The molecule has 2 atom stereocenters. The molecule has 0 spiro atoms. The summed E-state index contributed by atoms with van der Waals surface area (Å²) in [6.07, 6.45) is 5.34. The van der Waals surface area contributed by atoms with Crippen LogP contribution in [-0.2, 0) is 8.85 Å². The van der Waals surface area contributed by atoms with Crippen LogP contribution >= 0.6 is 0 Å². The summed E-state index contributed by atoms with van der Waals surface area (Å²) in [7, 11) is 1.89. The fourth-order valence-electron chi connectivity index (χ4n) is 1.97. The van der Waals surface area contributed by atoms with Gasteiger partial charge in [-0.15, -0.1) is 0 Å². The van der Waals surface area contributed by atoms with Crippen molar-refractivity contribution < 1.29 is 8.85 Å². The number of nitrogens with one attached hydrogen (secondary N) is 1. The molecule has 1 N–H and O–H groups in total. The van der Waals surface area contributed by atoms with E-state index in [1.165, 1.54) is 25.7 Å². The molecule has 0 aromatic rings. The Bertz CT molecular complexity index is 142. The van der Waals surface area contributed by atoms with Gasteiger partial charge >= 0.3 is 9.45 Å². The van der Waals surface area contributed by atoms with E-state index < -0.39 is 9.45 Å². The average molecular weight is 203 g/mol. The van der Waals surface area contributed by atoms with Crippen molar-refractivity contribution in [2.45, 2.75) is 38.6 Å². The topological polar surface area (TPSA) is 30.5 Å². The molecule has 1 fully saturated rings. The Labute approximate surface area is 82.7 Å². The second-order valence-electron chi connectivity index (χ2n) is 3.84. The van der Waals surface area contributed by atoms with E-state index in [9.17, 15) is 0 Å². The lowest BCUT2D eigenvalue weighted by Gasteiger charge is -2.31. The molecular weight excluding hydrogens is 182 g/mol. The molecule has 1 rings (SSSR count). The molecule has 1 aliphatic carbocycles. The largest absolute Gasteiger partial charge is 0.407 e. The molecule has 0 amide bonds. The van der Waals surface area contributed by atoms with Crippen LogP contribution in [0.25, 0.3) is 0 Å². The lowest BCUT2D eigenvalue weighted by atomic mass is 9.87. The minimum atomic E-state index is -1.55. The van der Waals surface area contributed by atoms with Crippen LogP contribution in [0.1, 0.15) is 32.6 Å². The first-order chi connectivity index (χ1) is 6.27. The highest BCUT2D eigenvalue weighted by Crippen LogP contribution is 2.23. The van der Waals surface area contributed by atoms with Crippen molar-refractivity contribution in [3.63, 3.8) is 0 Å². The molecular formula is C9H21NO2Si. The Morgan fingerprint density at radius 2 is 1.77 bits per heavy atom. The third-order valence-electron chi connectivity index (χ3n) is 2.89. The van der Waals surface area contributed by atoms with Crippen molar-refractivity contribution in [1.82, 2.24) is 4.98 Å². The summed E-state index contributed by atoms with van der Waals surface area (Å²) >= 11 is 0. The van der Waals surface area contributed by atoms with Gasteiger partial charge in [-0.1, -0.05) is 19.8 Å². The van der Waals surface area contributed by atoms with Crippen molar-refractivity contribution >= 4 is 9.45 Å². The summed E-state index contributed by atoms with van der Waals surface area (Å²) in [5.74, 6) is 0.772. The molecule has 0 aromatic carbocycles. The predicted molar refractivity (Wildman–Crippen MR) is 55.7 cm³/mol. The maximum Gasteiger partial charge on any atom is 0.407 e. The van der Waals surface area contributed by atoms with Crippen LogP contribution < -0.4 is 4.98 Å². The molecule has 0 heterocycles. The van der Waals surface area contributed by atoms with Gasteiger partial charge in [-0.2, -0.15) is 0 Å². The molecule has 1 saturated carbocycles. The number of hydrogen-bond acceptors (Lipinski definition) is 3. The van der Waals surface area contributed by atoms with E-state index in [0.717, 1.165) is 5.92 Å². The normalized spacial score (nSPS) is 29.5. The van der Waals surface area contributed by atoms with Crippen molar-refractivity contribution in [2.75, 3.05) is 14.2 Å². The fourth-order valence-corrected chi connectivity index (χ4v) is 3.28. The molecule has 1 aliphatic rings. The van der Waals surface area contributed by atoms with Gasteiger partial charge in [0.15, 0.2) is 0 Å². The lowest BCUT2D eigenvalue weighted by molar-refractivity contribution is 0.230. The zero-order valence-corrected chi connectivity index (χ0v) is 10.0. The summed E-state index contributed by atoms with van der Waals surface area (Å²) < 4.78 is 10.5. The van der Waals surface area contributed by atoms with Crippen molar-refractivity contribution in [2.24, 2.45) is 5.92 Å². The summed E-state index contributed by atoms with van der Waals surface area (Å²) in [4.78, 5) is 3.50. The van der Waals surface area contributed by atoms with Crippen LogP contribution in [0.2, 0.25) is 0 Å². The monoisotopic (exact) mass is 203 g/mol. The average Bonchev–Trinajstić information content (AvgIpc) is 2.17. The van der Waals surface area contributed by atoms with E-state index in [2.05, 4.69) is 11.9 Å². The molecule has 78 valence electrons. The van der Waals surface area contributed by atoms with Gasteiger partial charge < -0.3 is 8.85 Å². The van der Waals surface area contributed by atoms with E-state index in [-0.39, 0.29) is 0 Å². The van der Waals surface area contributed by atoms with Crippen LogP contribution in [0.15, 0.2) is 0 Å². The first-order valence-electron chi connectivity index (χ1n) is 5.09. The van der Waals surface area contributed by atoms with Gasteiger partial charge in [-0.3, -0.25) is 4.98 Å². The maximum absolute atomic E-state index is 5.26.